The highest BCUT2D eigenvalue weighted by Crippen LogP contribution is 2.32. The zero-order chi connectivity index (χ0) is 17.5. The number of furan rings is 1. The van der Waals surface area contributed by atoms with Crippen molar-refractivity contribution in [3.63, 3.8) is 0 Å². The van der Waals surface area contributed by atoms with E-state index in [0.717, 1.165) is 17.4 Å². The van der Waals surface area contributed by atoms with Crippen LogP contribution in [0.3, 0.4) is 0 Å². The highest BCUT2D eigenvalue weighted by molar-refractivity contribution is 7.91. The SMILES string of the molecule is CCCN(C(=O)c1oc2c(Cl)cccc2c1C)[C@@H]1CCS(=O)(=O)C1. The predicted octanol–water partition coefficient (Wildman–Crippen LogP) is 3.43. The number of halogens is 1. The number of aryl methyl sites for hydroxylation is 1. The van der Waals surface area contributed by atoms with Crippen molar-refractivity contribution < 1.29 is 17.6 Å². The fourth-order valence-corrected chi connectivity index (χ4v) is 5.20. The number of hydrogen-bond donors (Lipinski definition) is 0. The van der Waals surface area contributed by atoms with E-state index < -0.39 is 9.84 Å². The minimum atomic E-state index is -3.06. The van der Waals surface area contributed by atoms with Crippen LogP contribution in [0, 0.1) is 6.92 Å². The largest absolute Gasteiger partial charge is 0.449 e. The number of sulfone groups is 1. The van der Waals surface area contributed by atoms with Gasteiger partial charge < -0.3 is 9.32 Å². The molecule has 0 unspecified atom stereocenters. The van der Waals surface area contributed by atoms with Crippen molar-refractivity contribution in [3.8, 4) is 0 Å². The van der Waals surface area contributed by atoms with E-state index in [0.29, 0.717) is 23.6 Å². The van der Waals surface area contributed by atoms with Crippen molar-refractivity contribution in [3.05, 3.63) is 34.5 Å². The molecule has 1 aliphatic rings. The molecule has 0 spiro atoms. The molecule has 2 heterocycles. The Bertz CT molecular complexity index is 887. The van der Waals surface area contributed by atoms with Gasteiger partial charge in [-0.1, -0.05) is 30.7 Å². The number of amides is 1. The van der Waals surface area contributed by atoms with E-state index in [1.807, 2.05) is 26.0 Å². The molecule has 3 rings (SSSR count). The Morgan fingerprint density at radius 1 is 1.42 bits per heavy atom. The van der Waals surface area contributed by atoms with Crippen molar-refractivity contribution >= 4 is 38.3 Å². The molecule has 0 bridgehead atoms. The Balaban J connectivity index is 1.99. The molecule has 1 aromatic carbocycles. The second-order valence-electron chi connectivity index (χ2n) is 6.23. The van der Waals surface area contributed by atoms with E-state index in [9.17, 15) is 13.2 Å². The van der Waals surface area contributed by atoms with Crippen LogP contribution in [-0.4, -0.2) is 43.3 Å². The second-order valence-corrected chi connectivity index (χ2v) is 8.86. The Hall–Kier alpha value is -1.53. The van der Waals surface area contributed by atoms with Gasteiger partial charge in [-0.05, 0) is 25.8 Å². The number of nitrogens with zero attached hydrogens (tertiary/aromatic N) is 1. The van der Waals surface area contributed by atoms with Crippen molar-refractivity contribution in [2.75, 3.05) is 18.1 Å². The van der Waals surface area contributed by atoms with Gasteiger partial charge in [-0.2, -0.15) is 0 Å². The lowest BCUT2D eigenvalue weighted by molar-refractivity contribution is 0.0666. The van der Waals surface area contributed by atoms with Crippen LogP contribution >= 0.6 is 11.6 Å². The number of para-hydroxylation sites is 1. The number of carbonyl (C=O) groups is 1. The van der Waals surface area contributed by atoms with Crippen LogP contribution in [0.1, 0.15) is 35.9 Å². The first-order valence-corrected chi connectivity index (χ1v) is 10.2. The fourth-order valence-electron chi connectivity index (χ4n) is 3.26. The number of hydrogen-bond acceptors (Lipinski definition) is 4. The zero-order valence-electron chi connectivity index (χ0n) is 13.7. The molecule has 130 valence electrons. The smallest absolute Gasteiger partial charge is 0.290 e. The van der Waals surface area contributed by atoms with Crippen molar-refractivity contribution in [1.82, 2.24) is 4.90 Å². The van der Waals surface area contributed by atoms with Gasteiger partial charge in [-0.15, -0.1) is 0 Å². The fraction of sp³-hybridized carbons (Fsp3) is 0.471. The lowest BCUT2D eigenvalue weighted by Gasteiger charge is -2.27. The summed E-state index contributed by atoms with van der Waals surface area (Å²) >= 11 is 6.15. The van der Waals surface area contributed by atoms with E-state index in [2.05, 4.69) is 0 Å². The van der Waals surface area contributed by atoms with Crippen LogP contribution in [0.15, 0.2) is 22.6 Å². The molecule has 1 fully saturated rings. The molecule has 1 aliphatic heterocycles. The van der Waals surface area contributed by atoms with Crippen LogP contribution in [0.5, 0.6) is 0 Å². The van der Waals surface area contributed by atoms with E-state index in [4.69, 9.17) is 16.0 Å². The third-order valence-electron chi connectivity index (χ3n) is 4.48. The summed E-state index contributed by atoms with van der Waals surface area (Å²) in [6, 6.07) is 5.11. The lowest BCUT2D eigenvalue weighted by Crippen LogP contribution is -2.41. The Labute approximate surface area is 146 Å². The molecule has 1 saturated heterocycles. The van der Waals surface area contributed by atoms with Crippen LogP contribution in [0.25, 0.3) is 11.0 Å². The lowest BCUT2D eigenvalue weighted by atomic mass is 10.1. The molecule has 0 aliphatic carbocycles. The van der Waals surface area contributed by atoms with Gasteiger partial charge in [0.2, 0.25) is 0 Å². The maximum atomic E-state index is 13.0. The first kappa shape index (κ1) is 17.3. The average Bonchev–Trinajstić information content (AvgIpc) is 3.06. The summed E-state index contributed by atoms with van der Waals surface area (Å²) in [4.78, 5) is 14.7. The summed E-state index contributed by atoms with van der Waals surface area (Å²) in [6.45, 7) is 4.29. The highest BCUT2D eigenvalue weighted by Gasteiger charge is 2.36. The van der Waals surface area contributed by atoms with Crippen molar-refractivity contribution in [2.45, 2.75) is 32.7 Å². The van der Waals surface area contributed by atoms with Gasteiger partial charge in [0.25, 0.3) is 5.91 Å². The molecule has 0 N–H and O–H groups in total. The topological polar surface area (TPSA) is 67.6 Å². The first-order valence-electron chi connectivity index (χ1n) is 8.03. The van der Waals surface area contributed by atoms with Crippen LogP contribution in [0.4, 0.5) is 0 Å². The van der Waals surface area contributed by atoms with E-state index in [-0.39, 0.29) is 29.2 Å². The Morgan fingerprint density at radius 2 is 2.17 bits per heavy atom. The molecule has 0 radical (unpaired) electrons. The summed E-state index contributed by atoms with van der Waals surface area (Å²) in [5.74, 6) is 0.147. The van der Waals surface area contributed by atoms with Crippen LogP contribution < -0.4 is 0 Å². The van der Waals surface area contributed by atoms with Gasteiger partial charge in [-0.25, -0.2) is 8.42 Å². The van der Waals surface area contributed by atoms with E-state index >= 15 is 0 Å². The second kappa shape index (κ2) is 6.41. The normalized spacial score (nSPS) is 19.7. The van der Waals surface area contributed by atoms with Gasteiger partial charge in [0.1, 0.15) is 0 Å². The predicted molar refractivity (Wildman–Crippen MR) is 94.3 cm³/mol. The van der Waals surface area contributed by atoms with Crippen molar-refractivity contribution in [1.29, 1.82) is 0 Å². The summed E-state index contributed by atoms with van der Waals surface area (Å²) in [6.07, 6.45) is 1.23. The molecule has 24 heavy (non-hydrogen) atoms. The minimum Gasteiger partial charge on any atom is -0.449 e. The number of benzene rings is 1. The number of carbonyl (C=O) groups excluding carboxylic acids is 1. The number of fused-ring (bicyclic) bond motifs is 1. The average molecular weight is 370 g/mol. The summed E-state index contributed by atoms with van der Waals surface area (Å²) < 4.78 is 29.3. The quantitative estimate of drug-likeness (QED) is 0.827. The maximum absolute atomic E-state index is 13.0. The summed E-state index contributed by atoms with van der Waals surface area (Å²) in [5, 5.41) is 1.27. The van der Waals surface area contributed by atoms with Gasteiger partial charge in [-0.3, -0.25) is 4.79 Å². The standard InChI is InChI=1S/C17H20ClNO4S/c1-3-8-19(12-7-9-24(21,22)10-12)17(20)15-11(2)13-5-4-6-14(18)16(13)23-15/h4-6,12H,3,7-10H2,1-2H3/t12-/m1/s1. The maximum Gasteiger partial charge on any atom is 0.290 e. The third kappa shape index (κ3) is 3.05. The highest BCUT2D eigenvalue weighted by atomic mass is 35.5. The third-order valence-corrected chi connectivity index (χ3v) is 6.53. The molecule has 0 saturated carbocycles. The molecule has 1 atom stereocenters. The molecule has 5 nitrogen and oxygen atoms in total. The van der Waals surface area contributed by atoms with E-state index in [1.54, 1.807) is 11.0 Å². The van der Waals surface area contributed by atoms with Gasteiger partial charge in [0.05, 0.1) is 16.5 Å². The van der Waals surface area contributed by atoms with Gasteiger partial charge in [0.15, 0.2) is 21.2 Å². The van der Waals surface area contributed by atoms with Crippen molar-refractivity contribution in [2.24, 2.45) is 0 Å². The summed E-state index contributed by atoms with van der Waals surface area (Å²) in [7, 11) is -3.06. The van der Waals surface area contributed by atoms with Crippen LogP contribution in [0.2, 0.25) is 5.02 Å². The monoisotopic (exact) mass is 369 g/mol. The molecule has 1 aromatic heterocycles. The zero-order valence-corrected chi connectivity index (χ0v) is 15.3. The Morgan fingerprint density at radius 3 is 2.75 bits per heavy atom. The Kier molecular flexibility index (Phi) is 4.62. The first-order chi connectivity index (χ1) is 11.3. The molecule has 2 aromatic rings. The molecular formula is C17H20ClNO4S. The molecule has 1 amide bonds. The molecular weight excluding hydrogens is 350 g/mol. The van der Waals surface area contributed by atoms with Gasteiger partial charge >= 0.3 is 0 Å². The van der Waals surface area contributed by atoms with Gasteiger partial charge in [0, 0.05) is 23.5 Å². The molecule has 7 heteroatoms. The minimum absolute atomic E-state index is 0.0266. The summed E-state index contributed by atoms with van der Waals surface area (Å²) in [5.41, 5.74) is 1.23. The number of rotatable bonds is 4. The van der Waals surface area contributed by atoms with Crippen LogP contribution in [-0.2, 0) is 9.84 Å². The van der Waals surface area contributed by atoms with E-state index in [1.165, 1.54) is 0 Å².